The molecule has 1 saturated heterocycles. The van der Waals surface area contributed by atoms with Gasteiger partial charge in [0, 0.05) is 31.6 Å². The van der Waals surface area contributed by atoms with Crippen LogP contribution in [0.25, 0.3) is 0 Å². The molecule has 3 fully saturated rings. The molecule has 2 bridgehead atoms. The van der Waals surface area contributed by atoms with Gasteiger partial charge >= 0.3 is 0 Å². The normalized spacial score (nSPS) is 32.2. The van der Waals surface area contributed by atoms with Crippen LogP contribution in [-0.2, 0) is 9.59 Å². The van der Waals surface area contributed by atoms with Gasteiger partial charge in [0.2, 0.25) is 11.8 Å². The summed E-state index contributed by atoms with van der Waals surface area (Å²) in [5, 5.41) is 6.61. The summed E-state index contributed by atoms with van der Waals surface area (Å²) in [6.45, 7) is 3.67. The van der Waals surface area contributed by atoms with Crippen LogP contribution < -0.4 is 10.6 Å². The van der Waals surface area contributed by atoms with Crippen molar-refractivity contribution in [2.75, 3.05) is 19.6 Å². The molecule has 2 saturated carbocycles. The molecule has 1 aliphatic heterocycles. The second-order valence-corrected chi connectivity index (χ2v) is 9.06. The van der Waals surface area contributed by atoms with E-state index in [1.807, 2.05) is 19.1 Å². The maximum atomic E-state index is 14.0. The van der Waals surface area contributed by atoms with E-state index in [2.05, 4.69) is 27.8 Å². The van der Waals surface area contributed by atoms with Crippen molar-refractivity contribution in [1.29, 1.82) is 0 Å². The quantitative estimate of drug-likeness (QED) is 0.136. The molecule has 3 aliphatic carbocycles. The van der Waals surface area contributed by atoms with Gasteiger partial charge in [-0.25, -0.2) is 4.39 Å². The molecular weight excluding hydrogens is 522 g/mol. The fraction of sp³-hybridized carbons (Fsp3) is 0.542. The molecule has 1 aromatic rings. The lowest BCUT2D eigenvalue weighted by atomic mass is 9.85. The molecule has 0 spiro atoms. The number of aliphatic imine (C=N–C) groups is 1. The van der Waals surface area contributed by atoms with E-state index < -0.39 is 0 Å². The zero-order valence-corrected chi connectivity index (χ0v) is 20.5. The van der Waals surface area contributed by atoms with Gasteiger partial charge in [0.15, 0.2) is 5.96 Å². The first-order valence-electron chi connectivity index (χ1n) is 11.4. The van der Waals surface area contributed by atoms with Crippen molar-refractivity contribution in [1.82, 2.24) is 15.5 Å². The molecule has 0 radical (unpaired) electrons. The summed E-state index contributed by atoms with van der Waals surface area (Å²) in [6, 6.07) is 7.08. The van der Waals surface area contributed by atoms with Crippen LogP contribution in [0.5, 0.6) is 0 Å². The monoisotopic (exact) mass is 552 g/mol. The zero-order valence-electron chi connectivity index (χ0n) is 18.2. The smallest absolute Gasteiger partial charge is 0.233 e. The number of halogens is 2. The molecule has 2 N–H and O–H groups in total. The molecule has 6 unspecified atom stereocenters. The molecule has 172 valence electrons. The topological polar surface area (TPSA) is 73.8 Å². The number of likely N-dealkylation sites (tertiary alicyclic amines) is 1. The van der Waals surface area contributed by atoms with E-state index in [1.165, 1.54) is 11.0 Å². The van der Waals surface area contributed by atoms with Gasteiger partial charge in [0.05, 0.1) is 11.8 Å². The first-order valence-corrected chi connectivity index (χ1v) is 11.4. The molecule has 5 rings (SSSR count). The summed E-state index contributed by atoms with van der Waals surface area (Å²) in [5.74, 6) is 0.952. The van der Waals surface area contributed by atoms with Gasteiger partial charge in [-0.3, -0.25) is 19.5 Å². The highest BCUT2D eigenvalue weighted by atomic mass is 127. The highest BCUT2D eigenvalue weighted by molar-refractivity contribution is 14.0. The number of guanidine groups is 1. The number of benzene rings is 1. The number of hydrogen-bond acceptors (Lipinski definition) is 3. The van der Waals surface area contributed by atoms with Crippen molar-refractivity contribution in [2.45, 2.75) is 38.1 Å². The standard InChI is InChI=1S/C24H29FN4O2.HI/c1-2-26-24(28-19-13-17(19)16-6-3-4-7-18(16)25)27-10-5-11-29-22(30)20-14-8-9-15(12-14)21(20)23(29)31;/h3-4,6-9,14-15,17,19-21H,2,5,10-13H2,1H3,(H2,26,27,28);1H. The second kappa shape index (κ2) is 9.49. The van der Waals surface area contributed by atoms with E-state index in [-0.39, 0.29) is 77.2 Å². The van der Waals surface area contributed by atoms with E-state index in [0.717, 1.165) is 24.9 Å². The minimum absolute atomic E-state index is 0. The Hall–Kier alpha value is -1.97. The third kappa shape index (κ3) is 4.18. The molecule has 2 amide bonds. The summed E-state index contributed by atoms with van der Waals surface area (Å²) in [4.78, 5) is 31.6. The highest BCUT2D eigenvalue weighted by Crippen LogP contribution is 2.52. The summed E-state index contributed by atoms with van der Waals surface area (Å²) in [5.41, 5.74) is 0.746. The van der Waals surface area contributed by atoms with Crippen molar-refractivity contribution in [2.24, 2.45) is 28.7 Å². The Morgan fingerprint density at radius 3 is 2.47 bits per heavy atom. The minimum Gasteiger partial charge on any atom is -0.357 e. The Kier molecular flexibility index (Phi) is 6.88. The first-order chi connectivity index (χ1) is 15.1. The molecule has 4 aliphatic rings. The molecule has 32 heavy (non-hydrogen) atoms. The Balaban J connectivity index is 0.00000245. The number of carbonyl (C=O) groups is 2. The predicted molar refractivity (Wildman–Crippen MR) is 131 cm³/mol. The molecule has 8 heteroatoms. The number of allylic oxidation sites excluding steroid dienone is 2. The number of rotatable bonds is 7. The predicted octanol–water partition coefficient (Wildman–Crippen LogP) is 3.05. The third-order valence-corrected chi connectivity index (χ3v) is 7.13. The lowest BCUT2D eigenvalue weighted by Gasteiger charge is -2.17. The number of hydrogen-bond donors (Lipinski definition) is 2. The van der Waals surface area contributed by atoms with Gasteiger partial charge < -0.3 is 10.6 Å². The SMILES string of the molecule is CCNC(=NCCCN1C(=O)C2C3C=CC(C3)C2C1=O)NC1CC1c1ccccc1F.I. The number of imide groups is 1. The van der Waals surface area contributed by atoms with Gasteiger partial charge in [0.1, 0.15) is 5.82 Å². The fourth-order valence-electron chi connectivity index (χ4n) is 5.57. The fourth-order valence-corrected chi connectivity index (χ4v) is 5.57. The maximum absolute atomic E-state index is 14.0. The number of carbonyl (C=O) groups excluding carboxylic acids is 2. The van der Waals surface area contributed by atoms with Crippen LogP contribution in [0.2, 0.25) is 0 Å². The summed E-state index contributed by atoms with van der Waals surface area (Å²) in [7, 11) is 0. The average molecular weight is 552 g/mol. The van der Waals surface area contributed by atoms with Crippen molar-refractivity contribution < 1.29 is 14.0 Å². The molecule has 6 atom stereocenters. The number of nitrogens with one attached hydrogen (secondary N) is 2. The Bertz CT molecular complexity index is 922. The lowest BCUT2D eigenvalue weighted by Crippen LogP contribution is -2.39. The van der Waals surface area contributed by atoms with Gasteiger partial charge in [-0.05, 0) is 49.7 Å². The van der Waals surface area contributed by atoms with E-state index in [0.29, 0.717) is 25.5 Å². The van der Waals surface area contributed by atoms with Crippen LogP contribution in [0.3, 0.4) is 0 Å². The summed E-state index contributed by atoms with van der Waals surface area (Å²) < 4.78 is 14.0. The van der Waals surface area contributed by atoms with Crippen LogP contribution in [0.15, 0.2) is 41.4 Å². The van der Waals surface area contributed by atoms with Crippen LogP contribution >= 0.6 is 24.0 Å². The van der Waals surface area contributed by atoms with E-state index in [1.54, 1.807) is 6.07 Å². The van der Waals surface area contributed by atoms with Gasteiger partial charge in [-0.2, -0.15) is 0 Å². The third-order valence-electron chi connectivity index (χ3n) is 7.13. The minimum atomic E-state index is -0.160. The van der Waals surface area contributed by atoms with E-state index >= 15 is 0 Å². The van der Waals surface area contributed by atoms with Crippen LogP contribution in [0.1, 0.15) is 37.7 Å². The molecule has 1 heterocycles. The summed E-state index contributed by atoms with van der Waals surface area (Å²) in [6.07, 6.45) is 6.70. The maximum Gasteiger partial charge on any atom is 0.233 e. The summed E-state index contributed by atoms with van der Waals surface area (Å²) >= 11 is 0. The van der Waals surface area contributed by atoms with Gasteiger partial charge in [-0.1, -0.05) is 30.4 Å². The van der Waals surface area contributed by atoms with E-state index in [9.17, 15) is 14.0 Å². The molecule has 6 nitrogen and oxygen atoms in total. The molecule has 0 aromatic heterocycles. The van der Waals surface area contributed by atoms with Crippen molar-refractivity contribution in [3.8, 4) is 0 Å². The number of nitrogens with zero attached hydrogens (tertiary/aromatic N) is 2. The van der Waals surface area contributed by atoms with Gasteiger partial charge in [0.25, 0.3) is 0 Å². The zero-order chi connectivity index (χ0) is 21.5. The van der Waals surface area contributed by atoms with Gasteiger partial charge in [-0.15, -0.1) is 24.0 Å². The Morgan fingerprint density at radius 1 is 1.12 bits per heavy atom. The first kappa shape index (κ1) is 23.2. The Labute approximate surface area is 205 Å². The van der Waals surface area contributed by atoms with E-state index in [4.69, 9.17) is 0 Å². The Morgan fingerprint density at radius 2 is 1.81 bits per heavy atom. The van der Waals surface area contributed by atoms with Crippen LogP contribution in [0, 0.1) is 29.5 Å². The lowest BCUT2D eigenvalue weighted by molar-refractivity contribution is -0.140. The van der Waals surface area contributed by atoms with Crippen molar-refractivity contribution in [3.63, 3.8) is 0 Å². The molecular formula is C24H30FIN4O2. The van der Waals surface area contributed by atoms with Crippen molar-refractivity contribution in [3.05, 3.63) is 47.8 Å². The molecule has 1 aromatic carbocycles. The number of fused-ring (bicyclic) bond motifs is 5. The van der Waals surface area contributed by atoms with Crippen LogP contribution in [-0.4, -0.2) is 48.3 Å². The number of amides is 2. The van der Waals surface area contributed by atoms with Crippen LogP contribution in [0.4, 0.5) is 4.39 Å². The van der Waals surface area contributed by atoms with Crippen molar-refractivity contribution >= 4 is 41.8 Å². The average Bonchev–Trinajstić information content (AvgIpc) is 3.09. The second-order valence-electron chi connectivity index (χ2n) is 9.06. The highest BCUT2D eigenvalue weighted by Gasteiger charge is 2.58. The largest absolute Gasteiger partial charge is 0.357 e.